The molecule has 40 heteroatoms. The van der Waals surface area contributed by atoms with E-state index in [2.05, 4.69) is 74.1 Å². The van der Waals surface area contributed by atoms with Gasteiger partial charge in [-0.2, -0.15) is 0 Å². The van der Waals surface area contributed by atoms with E-state index in [4.69, 9.17) is 22.9 Å². The summed E-state index contributed by atoms with van der Waals surface area (Å²) in [6.07, 6.45) is -3.78. The van der Waals surface area contributed by atoms with Crippen molar-refractivity contribution in [1.82, 2.24) is 74.1 Å². The predicted molar refractivity (Wildman–Crippen MR) is 427 cm³/mol. The Bertz CT molecular complexity index is 4180. The zero-order valence-corrected chi connectivity index (χ0v) is 65.8. The number of benzene rings is 4. The molecule has 0 spiro atoms. The number of aromatic amines is 1. The minimum Gasteiger partial charge on any atom is -0.508 e. The van der Waals surface area contributed by atoms with Gasteiger partial charge in [0.25, 0.3) is 0 Å². The fraction of sp³-hybridized carbons (Fsp3) is 0.461. The average molecular weight is 1650 g/mol. The molecule has 0 saturated carbocycles. The minimum atomic E-state index is -2.03. The third kappa shape index (κ3) is 30.5. The van der Waals surface area contributed by atoms with E-state index in [1.165, 1.54) is 31.2 Å². The van der Waals surface area contributed by atoms with Gasteiger partial charge in [0, 0.05) is 54.3 Å². The number of amides is 14. The van der Waals surface area contributed by atoms with E-state index in [-0.39, 0.29) is 75.8 Å². The number of fused-ring (bicyclic) bond motifs is 1. The van der Waals surface area contributed by atoms with Crippen molar-refractivity contribution in [2.75, 3.05) is 37.7 Å². The van der Waals surface area contributed by atoms with Gasteiger partial charge in [-0.25, -0.2) is 4.79 Å². The first-order valence-electron chi connectivity index (χ1n) is 37.5. The zero-order valence-electron chi connectivity index (χ0n) is 64.1. The number of nitrogens with one attached hydrogen (secondary N) is 14. The summed E-state index contributed by atoms with van der Waals surface area (Å²) in [7, 11) is 1.47. The maximum atomic E-state index is 15.4. The van der Waals surface area contributed by atoms with Gasteiger partial charge in [-0.05, 0) is 113 Å². The zero-order chi connectivity index (χ0) is 85.1. The Morgan fingerprint density at radius 1 is 0.483 bits per heavy atom. The Labute approximate surface area is 675 Å². The molecule has 630 valence electrons. The summed E-state index contributed by atoms with van der Waals surface area (Å²) in [6.45, 7) is 1.77. The number of phenols is 1. The molecule has 1 aromatic heterocycles. The topological polar surface area (TPSA) is 633 Å². The lowest BCUT2D eigenvalue weighted by Gasteiger charge is -2.29. The number of primary amides is 1. The van der Waals surface area contributed by atoms with Crippen LogP contribution in [0, 0.1) is 0 Å². The highest BCUT2D eigenvalue weighted by Crippen LogP contribution is 2.25. The number of rotatable bonds is 26. The van der Waals surface area contributed by atoms with Crippen LogP contribution in [0.1, 0.15) is 88.0 Å². The molecule has 38 nitrogen and oxygen atoms in total. The number of carbonyl (C=O) groups is 15. The lowest BCUT2D eigenvalue weighted by Crippen LogP contribution is -2.63. The van der Waals surface area contributed by atoms with E-state index in [9.17, 15) is 83.1 Å². The van der Waals surface area contributed by atoms with Crippen molar-refractivity contribution in [3.63, 3.8) is 0 Å². The molecule has 0 bridgehead atoms. The average Bonchev–Trinajstić information content (AvgIpc) is 1.51. The second-order valence-corrected chi connectivity index (χ2v) is 30.3. The Kier molecular flexibility index (Phi) is 38.4. The van der Waals surface area contributed by atoms with Crippen LogP contribution in [0.3, 0.4) is 0 Å². The third-order valence-corrected chi connectivity index (χ3v) is 20.8. The highest BCUT2D eigenvalue weighted by Gasteiger charge is 2.40. The number of phenolic OH excluding ortho intramolecular Hbond substituents is 1. The van der Waals surface area contributed by atoms with E-state index in [1.54, 1.807) is 91.1 Å². The fourth-order valence-electron chi connectivity index (χ4n) is 12.0. The van der Waals surface area contributed by atoms with Crippen LogP contribution in [0.25, 0.3) is 10.9 Å². The summed E-state index contributed by atoms with van der Waals surface area (Å²) in [5.41, 5.74) is 25.4. The number of aliphatic carboxylic acids is 1. The Morgan fingerprint density at radius 2 is 0.888 bits per heavy atom. The molecule has 4 aromatic carbocycles. The number of nitrogens with two attached hydrogens (primary N) is 4. The van der Waals surface area contributed by atoms with Crippen molar-refractivity contribution in [2.24, 2.45) is 22.9 Å². The van der Waals surface area contributed by atoms with Crippen LogP contribution >= 0.6 is 21.6 Å². The van der Waals surface area contributed by atoms with Crippen LogP contribution in [0.5, 0.6) is 5.75 Å². The van der Waals surface area contributed by atoms with Gasteiger partial charge in [0.1, 0.15) is 78.3 Å². The van der Waals surface area contributed by atoms with Gasteiger partial charge in [-0.3, -0.25) is 67.1 Å². The molecule has 0 aliphatic carbocycles. The fourth-order valence-corrected chi connectivity index (χ4v) is 14.3. The number of hydrogen-bond acceptors (Lipinski definition) is 24. The number of H-pyrrole nitrogens is 1. The molecule has 2 heterocycles. The van der Waals surface area contributed by atoms with Crippen LogP contribution in [0.4, 0.5) is 0 Å². The van der Waals surface area contributed by atoms with Gasteiger partial charge in [0.15, 0.2) is 0 Å². The molecular formula is C76H104N18O20S2. The Balaban J connectivity index is 1.47. The number of aliphatic hydroxyl groups is 3. The minimum absolute atomic E-state index is 0.0986. The van der Waals surface area contributed by atoms with Crippen LogP contribution in [-0.2, 0) is 97.6 Å². The van der Waals surface area contributed by atoms with Crippen molar-refractivity contribution in [3.8, 4) is 5.75 Å². The number of hydrogen-bond donors (Lipinski definition) is 23. The Hall–Kier alpha value is -11.3. The summed E-state index contributed by atoms with van der Waals surface area (Å²) in [4.78, 5) is 217. The van der Waals surface area contributed by atoms with Gasteiger partial charge in [-0.1, -0.05) is 113 Å². The molecule has 116 heavy (non-hydrogen) atoms. The van der Waals surface area contributed by atoms with Crippen molar-refractivity contribution in [3.05, 3.63) is 138 Å². The molecule has 1 aliphatic heterocycles. The maximum absolute atomic E-state index is 15.4. The van der Waals surface area contributed by atoms with Crippen LogP contribution < -0.4 is 92.1 Å². The van der Waals surface area contributed by atoms with Crippen molar-refractivity contribution < 1.29 is 97.5 Å². The second kappa shape index (κ2) is 47.6. The summed E-state index contributed by atoms with van der Waals surface area (Å²) in [5, 5.41) is 86.0. The standard InChI is InChI=1S/C76H104N18O20S2/c1-40(79)64(101)82-36-61(100)83-58-38-115-116-39-59(76(113)114)92-72(109)57(37-95)91-75(112)63(42(3)97)94-71(108)54(32-45-24-26-47(98)27-25-45)90-74(111)62(41(2)96)93-66(103)51(23-13-15-29-78)84-69(106)55(33-46-35-81-49-21-11-10-20-48(46)49)88-68(105)53(31-44-18-8-5-9-19-44)86-67(104)52(30-43-16-6-4-7-17-43)87-70(107)56(34-60(80)99)89-65(102)50(85-73(58)110)22-12-14-28-77/h4-11,16-21,24-27,35,40-42,50-59,62-63,81,95-98H,12-15,22-23,28-34,36-39,77-79H2,1-3H3,(H2,80,99)(H,82,101)(H,83,100)(H,84,106)(H,85,110)(H,86,104)(H,87,107)(H,88,105)(H,89,102)(H,90,111)(H,91,112)(H,92,109)(H,93,103)(H,94,108)(H,113,114). The summed E-state index contributed by atoms with van der Waals surface area (Å²) >= 11 is 0. The van der Waals surface area contributed by atoms with E-state index in [1.807, 2.05) is 0 Å². The largest absolute Gasteiger partial charge is 0.508 e. The monoisotopic (exact) mass is 1650 g/mol. The highest BCUT2D eigenvalue weighted by molar-refractivity contribution is 8.76. The molecule has 6 rings (SSSR count). The number of aromatic nitrogens is 1. The summed E-state index contributed by atoms with van der Waals surface area (Å²) in [5.74, 6) is -18.2. The first-order chi connectivity index (χ1) is 55.3. The SMILES string of the molecule is CC(N)C(=O)NCC(=O)NC1CSSCC(C(=O)O)NC(=O)C(CO)NC(=O)C(C(C)O)NC(=O)C(Cc2ccc(O)cc2)NC(=O)C(C(C)O)NC(=O)C(CCCCN)NC(=O)C(Cc2c[nH]c3ccccc23)NC(=O)C(Cc2ccccc2)NC(=O)C(Cc2ccccc2)NC(=O)C(CC(N)=O)NC(=O)C(CCCCN)NC1=O. The number of aliphatic hydroxyl groups excluding tert-OH is 3. The second-order valence-electron chi connectivity index (χ2n) is 27.8. The molecular weight excluding hydrogens is 1550 g/mol. The molecule has 27 N–H and O–H groups in total. The maximum Gasteiger partial charge on any atom is 0.327 e. The molecule has 0 radical (unpaired) electrons. The quantitative estimate of drug-likeness (QED) is 0.0182. The lowest BCUT2D eigenvalue weighted by molar-refractivity contribution is -0.142. The number of carboxylic acids is 1. The first kappa shape index (κ1) is 93.6. The normalized spacial score (nSPS) is 23.6. The molecule has 1 saturated heterocycles. The molecule has 5 aromatic rings. The Morgan fingerprint density at radius 3 is 1.37 bits per heavy atom. The number of para-hydroxylation sites is 1. The van der Waals surface area contributed by atoms with Gasteiger partial charge in [0.05, 0.1) is 37.8 Å². The first-order valence-corrected chi connectivity index (χ1v) is 40.0. The molecule has 15 atom stereocenters. The highest BCUT2D eigenvalue weighted by atomic mass is 33.1. The van der Waals surface area contributed by atoms with Crippen LogP contribution in [0.15, 0.2) is 115 Å². The lowest BCUT2D eigenvalue weighted by atomic mass is 10.00. The van der Waals surface area contributed by atoms with Crippen molar-refractivity contribution in [2.45, 2.75) is 182 Å². The van der Waals surface area contributed by atoms with Gasteiger partial charge in [0.2, 0.25) is 82.7 Å². The number of unbranched alkanes of at least 4 members (excludes halogenated alkanes) is 2. The molecule has 15 unspecified atom stereocenters. The number of aromatic hydroxyl groups is 1. The predicted octanol–water partition coefficient (Wildman–Crippen LogP) is -5.21. The summed E-state index contributed by atoms with van der Waals surface area (Å²) < 4.78 is 0. The van der Waals surface area contributed by atoms with Crippen LogP contribution in [0.2, 0.25) is 0 Å². The summed E-state index contributed by atoms with van der Waals surface area (Å²) in [6, 6.07) is 6.37. The van der Waals surface area contributed by atoms with Gasteiger partial charge < -0.3 is 123 Å². The van der Waals surface area contributed by atoms with Crippen molar-refractivity contribution in [1.29, 1.82) is 0 Å². The number of carbonyl (C=O) groups excluding carboxylic acids is 14. The van der Waals surface area contributed by atoms with E-state index < -0.39 is 217 Å². The van der Waals surface area contributed by atoms with E-state index >= 15 is 14.4 Å². The smallest absolute Gasteiger partial charge is 0.327 e. The third-order valence-electron chi connectivity index (χ3n) is 18.4. The van der Waals surface area contributed by atoms with Crippen molar-refractivity contribution >= 4 is 121 Å². The van der Waals surface area contributed by atoms with Crippen LogP contribution in [-0.4, -0.2) is 248 Å². The number of carboxylic acid groups (broad SMARTS) is 1. The molecule has 14 amide bonds. The van der Waals surface area contributed by atoms with Gasteiger partial charge >= 0.3 is 5.97 Å². The van der Waals surface area contributed by atoms with Gasteiger partial charge in [-0.15, -0.1) is 0 Å². The van der Waals surface area contributed by atoms with E-state index in [0.29, 0.717) is 34.0 Å². The van der Waals surface area contributed by atoms with E-state index in [0.717, 1.165) is 35.4 Å². The molecule has 1 aliphatic rings. The molecule has 1 fully saturated rings.